The molecule has 0 saturated carbocycles. The highest BCUT2D eigenvalue weighted by Gasteiger charge is 2.21. The fraction of sp³-hybridized carbons (Fsp3) is 0.438. The minimum Gasteiger partial charge on any atom is -0.356 e. The van der Waals surface area contributed by atoms with E-state index in [0.717, 1.165) is 37.4 Å². The summed E-state index contributed by atoms with van der Waals surface area (Å²) in [4.78, 5) is 18.7. The lowest BCUT2D eigenvalue weighted by Crippen LogP contribution is -2.46. The number of carbonyl (C=O) groups excluding carboxylic acids is 1. The summed E-state index contributed by atoms with van der Waals surface area (Å²) in [6.07, 6.45) is 3.63. The highest BCUT2D eigenvalue weighted by Crippen LogP contribution is 2.17. The van der Waals surface area contributed by atoms with Gasteiger partial charge in [0.05, 0.1) is 5.69 Å². The van der Waals surface area contributed by atoms with Gasteiger partial charge in [0.1, 0.15) is 11.6 Å². The summed E-state index contributed by atoms with van der Waals surface area (Å²) < 4.78 is 1.67. The summed E-state index contributed by atoms with van der Waals surface area (Å²) in [7, 11) is 1.81. The van der Waals surface area contributed by atoms with Gasteiger partial charge in [-0.2, -0.15) is 5.10 Å². The van der Waals surface area contributed by atoms with Crippen LogP contribution >= 0.6 is 0 Å². The molecule has 0 atom stereocenters. The van der Waals surface area contributed by atoms with E-state index >= 15 is 0 Å². The Morgan fingerprint density at radius 3 is 2.70 bits per heavy atom. The van der Waals surface area contributed by atoms with E-state index in [9.17, 15) is 4.79 Å². The molecule has 3 heterocycles. The van der Waals surface area contributed by atoms with Gasteiger partial charge in [-0.1, -0.05) is 6.07 Å². The summed E-state index contributed by atoms with van der Waals surface area (Å²) in [5, 5.41) is 10.1. The lowest BCUT2D eigenvalue weighted by atomic mass is 10.1. The van der Waals surface area contributed by atoms with Crippen LogP contribution in [-0.4, -0.2) is 39.9 Å². The van der Waals surface area contributed by atoms with Crippen molar-refractivity contribution in [3.05, 3.63) is 36.2 Å². The number of aromatic nitrogens is 3. The molecular formula is C16H22N6O. The molecule has 0 spiro atoms. The largest absolute Gasteiger partial charge is 0.356 e. The molecule has 2 amide bonds. The van der Waals surface area contributed by atoms with Crippen LogP contribution in [0.1, 0.15) is 18.5 Å². The van der Waals surface area contributed by atoms with E-state index in [1.807, 2.05) is 44.4 Å². The third kappa shape index (κ3) is 3.80. The van der Waals surface area contributed by atoms with Crippen molar-refractivity contribution in [3.8, 4) is 0 Å². The number of rotatable bonds is 3. The van der Waals surface area contributed by atoms with E-state index in [4.69, 9.17) is 0 Å². The minimum atomic E-state index is -0.177. The van der Waals surface area contributed by atoms with Crippen molar-refractivity contribution in [3.63, 3.8) is 0 Å². The lowest BCUT2D eigenvalue weighted by Gasteiger charge is -2.33. The number of carbonyl (C=O) groups is 1. The molecular weight excluding hydrogens is 292 g/mol. The fourth-order valence-electron chi connectivity index (χ4n) is 2.86. The molecule has 7 nitrogen and oxygen atoms in total. The van der Waals surface area contributed by atoms with E-state index in [0.29, 0.717) is 5.82 Å². The monoisotopic (exact) mass is 314 g/mol. The molecule has 0 aromatic carbocycles. The first kappa shape index (κ1) is 15.3. The molecule has 2 aromatic rings. The zero-order valence-electron chi connectivity index (χ0n) is 13.5. The van der Waals surface area contributed by atoms with Gasteiger partial charge >= 0.3 is 6.03 Å². The van der Waals surface area contributed by atoms with E-state index in [1.54, 1.807) is 4.68 Å². The number of anilines is 2. The molecule has 1 aliphatic heterocycles. The quantitative estimate of drug-likeness (QED) is 0.907. The Balaban J connectivity index is 1.49. The Hall–Kier alpha value is -2.57. The number of hydrogen-bond donors (Lipinski definition) is 2. The van der Waals surface area contributed by atoms with Crippen LogP contribution in [-0.2, 0) is 7.05 Å². The third-order valence-corrected chi connectivity index (χ3v) is 4.05. The van der Waals surface area contributed by atoms with Crippen LogP contribution in [0.3, 0.4) is 0 Å². The first-order valence-electron chi connectivity index (χ1n) is 7.86. The highest BCUT2D eigenvalue weighted by atomic mass is 16.2. The molecule has 0 unspecified atom stereocenters. The summed E-state index contributed by atoms with van der Waals surface area (Å²) >= 11 is 0. The molecule has 23 heavy (non-hydrogen) atoms. The van der Waals surface area contributed by atoms with Crippen molar-refractivity contribution in [1.82, 2.24) is 20.1 Å². The summed E-state index contributed by atoms with van der Waals surface area (Å²) in [5.41, 5.74) is 0.881. The predicted octanol–water partition coefficient (Wildman–Crippen LogP) is 1.91. The Morgan fingerprint density at radius 2 is 2.09 bits per heavy atom. The molecule has 122 valence electrons. The molecule has 0 bridgehead atoms. The van der Waals surface area contributed by atoms with Crippen LogP contribution in [0.25, 0.3) is 0 Å². The average Bonchev–Trinajstić information content (AvgIpc) is 2.86. The van der Waals surface area contributed by atoms with Gasteiger partial charge in [0.25, 0.3) is 0 Å². The Bertz CT molecular complexity index is 660. The number of nitrogens with zero attached hydrogens (tertiary/aromatic N) is 4. The maximum atomic E-state index is 12.1. The van der Waals surface area contributed by atoms with Crippen molar-refractivity contribution in [2.45, 2.75) is 25.8 Å². The van der Waals surface area contributed by atoms with E-state index in [1.165, 1.54) is 0 Å². The third-order valence-electron chi connectivity index (χ3n) is 4.05. The van der Waals surface area contributed by atoms with Crippen molar-refractivity contribution >= 4 is 17.7 Å². The van der Waals surface area contributed by atoms with Gasteiger partial charge in [-0.05, 0) is 31.9 Å². The molecule has 1 aliphatic rings. The standard InChI is InChI=1S/C16H22N6O/c1-12-11-15(21(2)20-12)19-16(23)18-13-6-9-22(10-7-13)14-5-3-4-8-17-14/h3-5,8,11,13H,6-7,9-10H2,1-2H3,(H2,18,19,23). The molecule has 2 aromatic heterocycles. The second kappa shape index (κ2) is 6.68. The number of piperidine rings is 1. The van der Waals surface area contributed by atoms with Gasteiger partial charge in [-0.25, -0.2) is 9.78 Å². The summed E-state index contributed by atoms with van der Waals surface area (Å²) in [5.74, 6) is 1.70. The SMILES string of the molecule is Cc1cc(NC(=O)NC2CCN(c3ccccn3)CC2)n(C)n1. The summed E-state index contributed by atoms with van der Waals surface area (Å²) in [6, 6.07) is 7.79. The van der Waals surface area contributed by atoms with Gasteiger partial charge in [-0.15, -0.1) is 0 Å². The van der Waals surface area contributed by atoms with Crippen LogP contribution in [0.4, 0.5) is 16.4 Å². The minimum absolute atomic E-state index is 0.177. The first-order chi connectivity index (χ1) is 11.1. The first-order valence-corrected chi connectivity index (χ1v) is 7.86. The van der Waals surface area contributed by atoms with Gasteiger partial charge in [-0.3, -0.25) is 10.00 Å². The predicted molar refractivity (Wildman–Crippen MR) is 89.6 cm³/mol. The van der Waals surface area contributed by atoms with Gasteiger partial charge in [0.15, 0.2) is 0 Å². The second-order valence-electron chi connectivity index (χ2n) is 5.84. The van der Waals surface area contributed by atoms with Gasteiger partial charge in [0, 0.05) is 38.4 Å². The van der Waals surface area contributed by atoms with Crippen LogP contribution in [0, 0.1) is 6.92 Å². The number of aryl methyl sites for hydroxylation is 2. The second-order valence-corrected chi connectivity index (χ2v) is 5.84. The fourth-order valence-corrected chi connectivity index (χ4v) is 2.86. The maximum absolute atomic E-state index is 12.1. The average molecular weight is 314 g/mol. The Labute approximate surface area is 135 Å². The molecule has 2 N–H and O–H groups in total. The number of pyridine rings is 1. The maximum Gasteiger partial charge on any atom is 0.320 e. The topological polar surface area (TPSA) is 75.1 Å². The van der Waals surface area contributed by atoms with Crippen molar-refractivity contribution in [2.75, 3.05) is 23.3 Å². The highest BCUT2D eigenvalue weighted by molar-refractivity contribution is 5.88. The molecule has 0 aliphatic carbocycles. The van der Waals surface area contributed by atoms with Crippen LogP contribution < -0.4 is 15.5 Å². The molecule has 1 saturated heterocycles. The van der Waals surface area contributed by atoms with E-state index < -0.39 is 0 Å². The number of nitrogens with one attached hydrogen (secondary N) is 2. The Kier molecular flexibility index (Phi) is 4.45. The van der Waals surface area contributed by atoms with Crippen LogP contribution in [0.15, 0.2) is 30.5 Å². The van der Waals surface area contributed by atoms with Crippen molar-refractivity contribution in [1.29, 1.82) is 0 Å². The van der Waals surface area contributed by atoms with Crippen LogP contribution in [0.5, 0.6) is 0 Å². The van der Waals surface area contributed by atoms with Gasteiger partial charge in [0.2, 0.25) is 0 Å². The van der Waals surface area contributed by atoms with Crippen molar-refractivity contribution < 1.29 is 4.79 Å². The van der Waals surface area contributed by atoms with E-state index in [-0.39, 0.29) is 12.1 Å². The van der Waals surface area contributed by atoms with Gasteiger partial charge < -0.3 is 10.2 Å². The number of urea groups is 1. The van der Waals surface area contributed by atoms with E-state index in [2.05, 4.69) is 25.6 Å². The zero-order valence-corrected chi connectivity index (χ0v) is 13.5. The number of amides is 2. The molecule has 0 radical (unpaired) electrons. The smallest absolute Gasteiger partial charge is 0.320 e. The summed E-state index contributed by atoms with van der Waals surface area (Å²) in [6.45, 7) is 3.69. The molecule has 7 heteroatoms. The zero-order chi connectivity index (χ0) is 16.2. The normalized spacial score (nSPS) is 15.5. The molecule has 3 rings (SSSR count). The lowest BCUT2D eigenvalue weighted by molar-refractivity contribution is 0.245. The number of hydrogen-bond acceptors (Lipinski definition) is 4. The Morgan fingerprint density at radius 1 is 1.30 bits per heavy atom. The molecule has 1 fully saturated rings. The van der Waals surface area contributed by atoms with Crippen LogP contribution in [0.2, 0.25) is 0 Å². The van der Waals surface area contributed by atoms with Crippen molar-refractivity contribution in [2.24, 2.45) is 7.05 Å².